The third-order valence-electron chi connectivity index (χ3n) is 2.05. The minimum absolute atomic E-state index is 0.0642. The lowest BCUT2D eigenvalue weighted by molar-refractivity contribution is -0.138. The average Bonchev–Trinajstić information content (AvgIpc) is 2.32. The van der Waals surface area contributed by atoms with E-state index in [2.05, 4.69) is 0 Å². The van der Waals surface area contributed by atoms with Crippen molar-refractivity contribution in [3.63, 3.8) is 0 Å². The molecule has 98 valence electrons. The van der Waals surface area contributed by atoms with Gasteiger partial charge in [-0.1, -0.05) is 37.0 Å². The molecular weight excluding hydrogens is 275 g/mol. The Morgan fingerprint density at radius 3 is 2.67 bits per heavy atom. The highest BCUT2D eigenvalue weighted by molar-refractivity contribution is 6.43. The molecule has 18 heavy (non-hydrogen) atoms. The van der Waals surface area contributed by atoms with Gasteiger partial charge in [-0.3, -0.25) is 0 Å². The summed E-state index contributed by atoms with van der Waals surface area (Å²) in [6.07, 6.45) is 2.77. The molecule has 0 bridgehead atoms. The molecule has 0 aliphatic carbocycles. The smallest absolute Gasteiger partial charge is 0.330 e. The van der Waals surface area contributed by atoms with Crippen molar-refractivity contribution in [3.05, 3.63) is 33.8 Å². The monoisotopic (exact) mass is 288 g/mol. The molecule has 0 saturated heterocycles. The minimum atomic E-state index is -0.441. The van der Waals surface area contributed by atoms with Crippen LogP contribution in [0.3, 0.4) is 0 Å². The van der Waals surface area contributed by atoms with E-state index in [0.717, 1.165) is 0 Å². The normalized spacial score (nSPS) is 11.2. The van der Waals surface area contributed by atoms with Crippen molar-refractivity contribution < 1.29 is 14.6 Å². The molecule has 0 heterocycles. The second kappa shape index (κ2) is 6.66. The van der Waals surface area contributed by atoms with Crippen LogP contribution in [-0.4, -0.2) is 17.7 Å². The fourth-order valence-corrected chi connectivity index (χ4v) is 1.53. The summed E-state index contributed by atoms with van der Waals surface area (Å²) in [5, 5.41) is 9.58. The SMILES string of the molecule is CC(C)COC(=O)/C=C/c1ccc(O)c(Cl)c1Cl. The molecule has 1 aromatic carbocycles. The average molecular weight is 289 g/mol. The van der Waals surface area contributed by atoms with Gasteiger partial charge in [-0.05, 0) is 29.7 Å². The van der Waals surface area contributed by atoms with E-state index in [1.807, 2.05) is 13.8 Å². The number of ether oxygens (including phenoxy) is 1. The quantitative estimate of drug-likeness (QED) is 0.675. The van der Waals surface area contributed by atoms with Crippen LogP contribution in [0.15, 0.2) is 18.2 Å². The molecule has 0 unspecified atom stereocenters. The van der Waals surface area contributed by atoms with Crippen molar-refractivity contribution in [2.75, 3.05) is 6.61 Å². The van der Waals surface area contributed by atoms with Crippen LogP contribution in [0.25, 0.3) is 6.08 Å². The van der Waals surface area contributed by atoms with Crippen LogP contribution in [0.4, 0.5) is 0 Å². The predicted octanol–water partition coefficient (Wildman–Crippen LogP) is 3.91. The van der Waals surface area contributed by atoms with Crippen LogP contribution in [0.2, 0.25) is 10.0 Å². The van der Waals surface area contributed by atoms with E-state index in [1.165, 1.54) is 18.2 Å². The third kappa shape index (κ3) is 4.24. The maximum absolute atomic E-state index is 11.3. The van der Waals surface area contributed by atoms with Crippen molar-refractivity contribution in [2.24, 2.45) is 5.92 Å². The lowest BCUT2D eigenvalue weighted by atomic mass is 10.2. The number of hydrogen-bond donors (Lipinski definition) is 1. The third-order valence-corrected chi connectivity index (χ3v) is 2.94. The Kier molecular flexibility index (Phi) is 5.51. The number of halogens is 2. The van der Waals surface area contributed by atoms with Crippen LogP contribution in [-0.2, 0) is 9.53 Å². The Bertz CT molecular complexity index is 468. The van der Waals surface area contributed by atoms with Gasteiger partial charge in [-0.25, -0.2) is 4.79 Å². The van der Waals surface area contributed by atoms with E-state index in [4.69, 9.17) is 27.9 Å². The van der Waals surface area contributed by atoms with Gasteiger partial charge in [-0.2, -0.15) is 0 Å². The van der Waals surface area contributed by atoms with Gasteiger partial charge in [0, 0.05) is 6.08 Å². The summed E-state index contributed by atoms with van der Waals surface area (Å²) in [6.45, 7) is 4.27. The molecule has 0 atom stereocenters. The number of phenolic OH excluding ortho intramolecular Hbond substituents is 1. The van der Waals surface area contributed by atoms with Gasteiger partial charge in [0.1, 0.15) is 10.8 Å². The Morgan fingerprint density at radius 1 is 1.39 bits per heavy atom. The largest absolute Gasteiger partial charge is 0.506 e. The maximum atomic E-state index is 11.3. The lowest BCUT2D eigenvalue weighted by Crippen LogP contribution is -2.06. The summed E-state index contributed by atoms with van der Waals surface area (Å²) in [4.78, 5) is 11.3. The van der Waals surface area contributed by atoms with Crippen LogP contribution >= 0.6 is 23.2 Å². The fourth-order valence-electron chi connectivity index (χ4n) is 1.14. The van der Waals surface area contributed by atoms with Gasteiger partial charge in [-0.15, -0.1) is 0 Å². The molecule has 0 radical (unpaired) electrons. The number of carbonyl (C=O) groups excluding carboxylic acids is 1. The zero-order valence-electron chi connectivity index (χ0n) is 10.1. The Hall–Kier alpha value is -1.19. The fraction of sp³-hybridized carbons (Fsp3) is 0.308. The first-order valence-corrected chi connectivity index (χ1v) is 6.19. The van der Waals surface area contributed by atoms with Gasteiger partial charge in [0.05, 0.1) is 11.6 Å². The summed E-state index contributed by atoms with van der Waals surface area (Å²) in [5.41, 5.74) is 0.543. The molecule has 0 spiro atoms. The van der Waals surface area contributed by atoms with Crippen molar-refractivity contribution in [1.29, 1.82) is 0 Å². The molecular formula is C13H14Cl2O3. The molecule has 0 aliphatic heterocycles. The second-order valence-electron chi connectivity index (χ2n) is 4.16. The van der Waals surface area contributed by atoms with E-state index < -0.39 is 5.97 Å². The zero-order valence-corrected chi connectivity index (χ0v) is 11.6. The standard InChI is InChI=1S/C13H14Cl2O3/c1-8(2)7-18-11(17)6-4-9-3-5-10(16)13(15)12(9)14/h3-6,8,16H,7H2,1-2H3/b6-4+. The summed E-state index contributed by atoms with van der Waals surface area (Å²) in [6, 6.07) is 2.98. The van der Waals surface area contributed by atoms with Crippen molar-refractivity contribution in [2.45, 2.75) is 13.8 Å². The first-order valence-electron chi connectivity index (χ1n) is 5.43. The number of rotatable bonds is 4. The highest BCUT2D eigenvalue weighted by Crippen LogP contribution is 2.34. The van der Waals surface area contributed by atoms with E-state index >= 15 is 0 Å². The highest BCUT2D eigenvalue weighted by atomic mass is 35.5. The Morgan fingerprint density at radius 2 is 2.06 bits per heavy atom. The van der Waals surface area contributed by atoms with E-state index in [1.54, 1.807) is 6.07 Å². The van der Waals surface area contributed by atoms with Gasteiger partial charge in [0.15, 0.2) is 0 Å². The van der Waals surface area contributed by atoms with Gasteiger partial charge >= 0.3 is 5.97 Å². The molecule has 0 saturated carbocycles. The van der Waals surface area contributed by atoms with Crippen molar-refractivity contribution in [1.82, 2.24) is 0 Å². The van der Waals surface area contributed by atoms with Gasteiger partial charge in [0.2, 0.25) is 0 Å². The number of carbonyl (C=O) groups is 1. The van der Waals surface area contributed by atoms with Crippen molar-refractivity contribution in [3.8, 4) is 5.75 Å². The Balaban J connectivity index is 2.73. The molecule has 0 fully saturated rings. The minimum Gasteiger partial charge on any atom is -0.506 e. The highest BCUT2D eigenvalue weighted by Gasteiger charge is 2.07. The Labute approximate surface area is 116 Å². The predicted molar refractivity (Wildman–Crippen MR) is 73.0 cm³/mol. The van der Waals surface area contributed by atoms with E-state index in [9.17, 15) is 9.90 Å². The number of aromatic hydroxyl groups is 1. The van der Waals surface area contributed by atoms with E-state index in [-0.39, 0.29) is 21.7 Å². The first kappa shape index (κ1) is 14.9. The van der Waals surface area contributed by atoms with Gasteiger partial charge < -0.3 is 9.84 Å². The summed E-state index contributed by atoms with van der Waals surface area (Å²) >= 11 is 11.7. The maximum Gasteiger partial charge on any atom is 0.330 e. The molecule has 1 rings (SSSR count). The molecule has 0 aliphatic rings. The first-order chi connectivity index (χ1) is 8.41. The van der Waals surface area contributed by atoms with Crippen LogP contribution in [0.5, 0.6) is 5.75 Å². The summed E-state index contributed by atoms with van der Waals surface area (Å²) in [7, 11) is 0. The van der Waals surface area contributed by atoms with Crippen LogP contribution in [0.1, 0.15) is 19.4 Å². The van der Waals surface area contributed by atoms with Gasteiger partial charge in [0.25, 0.3) is 0 Å². The molecule has 1 N–H and O–H groups in total. The van der Waals surface area contributed by atoms with Crippen LogP contribution < -0.4 is 0 Å². The number of hydrogen-bond acceptors (Lipinski definition) is 3. The zero-order chi connectivity index (χ0) is 13.7. The van der Waals surface area contributed by atoms with E-state index in [0.29, 0.717) is 12.2 Å². The second-order valence-corrected chi connectivity index (χ2v) is 4.92. The number of esters is 1. The summed E-state index contributed by atoms with van der Waals surface area (Å²) in [5.74, 6) is -0.251. The number of phenols is 1. The van der Waals surface area contributed by atoms with Crippen molar-refractivity contribution >= 4 is 35.2 Å². The lowest BCUT2D eigenvalue weighted by Gasteiger charge is -2.05. The summed E-state index contributed by atoms with van der Waals surface area (Å²) < 4.78 is 4.97. The topological polar surface area (TPSA) is 46.5 Å². The molecule has 0 aromatic heterocycles. The molecule has 1 aromatic rings. The molecule has 3 nitrogen and oxygen atoms in total. The van der Waals surface area contributed by atoms with Crippen LogP contribution in [0, 0.1) is 5.92 Å². The number of benzene rings is 1. The molecule has 5 heteroatoms. The molecule has 0 amide bonds.